The van der Waals surface area contributed by atoms with E-state index in [4.69, 9.17) is 5.73 Å². The van der Waals surface area contributed by atoms with Gasteiger partial charge < -0.3 is 5.73 Å². The zero-order valence-electron chi connectivity index (χ0n) is 9.85. The van der Waals surface area contributed by atoms with Gasteiger partial charge >= 0.3 is 0 Å². The first-order valence-corrected chi connectivity index (χ1v) is 5.75. The van der Waals surface area contributed by atoms with E-state index in [1.165, 1.54) is 16.3 Å². The molecule has 2 heteroatoms. The molecule has 16 heavy (non-hydrogen) atoms. The molecule has 0 saturated carbocycles. The second-order valence-electron chi connectivity index (χ2n) is 4.63. The molecule has 0 aliphatic rings. The Hall–Kier alpha value is -1.41. The molecule has 1 heterocycles. The molecule has 1 atom stereocenters. The van der Waals surface area contributed by atoms with Crippen molar-refractivity contribution in [3.05, 3.63) is 42.2 Å². The number of nitrogens with two attached hydrogens (primary N) is 1. The summed E-state index contributed by atoms with van der Waals surface area (Å²) in [5.41, 5.74) is 7.36. The number of nitrogens with zero attached hydrogens (tertiary/aromatic N) is 1. The summed E-state index contributed by atoms with van der Waals surface area (Å²) in [6.45, 7) is 4.31. The average Bonchev–Trinajstić information content (AvgIpc) is 2.29. The van der Waals surface area contributed by atoms with Gasteiger partial charge in [0.05, 0.1) is 0 Å². The number of hydrogen-bond acceptors (Lipinski definition) is 2. The SMILES string of the molecule is CC(C)C(N)Cc1cncc2ccccc12. The molecule has 84 valence electrons. The molecular weight excluding hydrogens is 196 g/mol. The first-order valence-electron chi connectivity index (χ1n) is 5.75. The van der Waals surface area contributed by atoms with Gasteiger partial charge in [0.1, 0.15) is 0 Å². The zero-order valence-corrected chi connectivity index (χ0v) is 9.85. The Balaban J connectivity index is 2.37. The van der Waals surface area contributed by atoms with Crippen LogP contribution in [0.3, 0.4) is 0 Å². The summed E-state index contributed by atoms with van der Waals surface area (Å²) < 4.78 is 0. The van der Waals surface area contributed by atoms with E-state index in [0.29, 0.717) is 5.92 Å². The zero-order chi connectivity index (χ0) is 11.5. The van der Waals surface area contributed by atoms with Gasteiger partial charge in [-0.25, -0.2) is 0 Å². The van der Waals surface area contributed by atoms with Crippen molar-refractivity contribution in [1.82, 2.24) is 4.98 Å². The predicted octanol–water partition coefficient (Wildman–Crippen LogP) is 2.76. The van der Waals surface area contributed by atoms with Gasteiger partial charge in [0.25, 0.3) is 0 Å². The standard InChI is InChI=1S/C14H18N2/c1-10(2)14(15)7-12-9-16-8-11-5-3-4-6-13(11)12/h3-6,8-10,14H,7,15H2,1-2H3. The Morgan fingerprint density at radius 2 is 1.94 bits per heavy atom. The maximum absolute atomic E-state index is 6.11. The molecule has 2 N–H and O–H groups in total. The van der Waals surface area contributed by atoms with E-state index in [-0.39, 0.29) is 6.04 Å². The highest BCUT2D eigenvalue weighted by Crippen LogP contribution is 2.19. The van der Waals surface area contributed by atoms with Crippen molar-refractivity contribution in [1.29, 1.82) is 0 Å². The maximum atomic E-state index is 6.11. The van der Waals surface area contributed by atoms with Gasteiger partial charge in [0, 0.05) is 23.8 Å². The van der Waals surface area contributed by atoms with E-state index < -0.39 is 0 Å². The largest absolute Gasteiger partial charge is 0.327 e. The third kappa shape index (κ3) is 2.22. The van der Waals surface area contributed by atoms with Crippen LogP contribution in [-0.4, -0.2) is 11.0 Å². The van der Waals surface area contributed by atoms with Gasteiger partial charge in [-0.3, -0.25) is 4.98 Å². The summed E-state index contributed by atoms with van der Waals surface area (Å²) in [6, 6.07) is 8.53. The molecule has 0 fully saturated rings. The van der Waals surface area contributed by atoms with Crippen LogP contribution in [0.2, 0.25) is 0 Å². The molecule has 2 rings (SSSR count). The maximum Gasteiger partial charge on any atom is 0.0346 e. The molecule has 2 nitrogen and oxygen atoms in total. The molecule has 0 bridgehead atoms. The Morgan fingerprint density at radius 3 is 2.69 bits per heavy atom. The van der Waals surface area contributed by atoms with Crippen molar-refractivity contribution in [2.24, 2.45) is 11.7 Å². The molecule has 0 spiro atoms. The number of pyridine rings is 1. The molecule has 0 aliphatic carbocycles. The Labute approximate surface area is 96.5 Å². The minimum atomic E-state index is 0.201. The third-order valence-electron chi connectivity index (χ3n) is 3.06. The van der Waals surface area contributed by atoms with Crippen molar-refractivity contribution in [3.63, 3.8) is 0 Å². The molecule has 1 unspecified atom stereocenters. The van der Waals surface area contributed by atoms with Crippen molar-refractivity contribution in [2.75, 3.05) is 0 Å². The van der Waals surface area contributed by atoms with Crippen molar-refractivity contribution < 1.29 is 0 Å². The Morgan fingerprint density at radius 1 is 1.19 bits per heavy atom. The lowest BCUT2D eigenvalue weighted by atomic mass is 9.95. The van der Waals surface area contributed by atoms with Crippen LogP contribution in [0.25, 0.3) is 10.8 Å². The number of fused-ring (bicyclic) bond motifs is 1. The number of aromatic nitrogens is 1. The van der Waals surface area contributed by atoms with Gasteiger partial charge in [-0.1, -0.05) is 38.1 Å². The van der Waals surface area contributed by atoms with E-state index in [2.05, 4.69) is 37.0 Å². The van der Waals surface area contributed by atoms with Crippen LogP contribution in [-0.2, 0) is 6.42 Å². The summed E-state index contributed by atoms with van der Waals surface area (Å²) in [6.07, 6.45) is 4.73. The fourth-order valence-corrected chi connectivity index (χ4v) is 1.83. The van der Waals surface area contributed by atoms with Gasteiger partial charge in [-0.2, -0.15) is 0 Å². The summed E-state index contributed by atoms with van der Waals surface area (Å²) in [5.74, 6) is 0.499. The summed E-state index contributed by atoms with van der Waals surface area (Å²) in [7, 11) is 0. The molecule has 1 aromatic heterocycles. The first kappa shape index (κ1) is 11.1. The molecule has 1 aromatic carbocycles. The molecule has 0 saturated heterocycles. The second kappa shape index (κ2) is 4.62. The monoisotopic (exact) mass is 214 g/mol. The Kier molecular flexibility index (Phi) is 3.20. The molecule has 0 aliphatic heterocycles. The minimum Gasteiger partial charge on any atom is -0.327 e. The summed E-state index contributed by atoms with van der Waals surface area (Å²) >= 11 is 0. The van der Waals surface area contributed by atoms with Crippen LogP contribution >= 0.6 is 0 Å². The highest BCUT2D eigenvalue weighted by Gasteiger charge is 2.10. The summed E-state index contributed by atoms with van der Waals surface area (Å²) in [5, 5.41) is 2.46. The lowest BCUT2D eigenvalue weighted by Crippen LogP contribution is -2.28. The van der Waals surface area contributed by atoms with Crippen LogP contribution in [0.4, 0.5) is 0 Å². The highest BCUT2D eigenvalue weighted by molar-refractivity contribution is 5.84. The topological polar surface area (TPSA) is 38.9 Å². The average molecular weight is 214 g/mol. The fourth-order valence-electron chi connectivity index (χ4n) is 1.83. The quantitative estimate of drug-likeness (QED) is 0.853. The van der Waals surface area contributed by atoms with E-state index >= 15 is 0 Å². The van der Waals surface area contributed by atoms with Crippen LogP contribution in [0.15, 0.2) is 36.7 Å². The van der Waals surface area contributed by atoms with Crippen LogP contribution in [0, 0.1) is 5.92 Å². The smallest absolute Gasteiger partial charge is 0.0346 e. The number of hydrogen-bond donors (Lipinski definition) is 1. The predicted molar refractivity (Wildman–Crippen MR) is 68.3 cm³/mol. The molecule has 2 aromatic rings. The van der Waals surface area contributed by atoms with E-state index in [1.807, 2.05) is 18.5 Å². The summed E-state index contributed by atoms with van der Waals surface area (Å²) in [4.78, 5) is 4.27. The molecule has 0 amide bonds. The van der Waals surface area contributed by atoms with Gasteiger partial charge in [-0.15, -0.1) is 0 Å². The van der Waals surface area contributed by atoms with Gasteiger partial charge in [0.15, 0.2) is 0 Å². The lowest BCUT2D eigenvalue weighted by Gasteiger charge is -2.16. The van der Waals surface area contributed by atoms with Crippen molar-refractivity contribution >= 4 is 10.8 Å². The van der Waals surface area contributed by atoms with E-state index in [1.54, 1.807) is 0 Å². The van der Waals surface area contributed by atoms with Gasteiger partial charge in [0.2, 0.25) is 0 Å². The molecular formula is C14H18N2. The number of benzene rings is 1. The fraction of sp³-hybridized carbons (Fsp3) is 0.357. The second-order valence-corrected chi connectivity index (χ2v) is 4.63. The van der Waals surface area contributed by atoms with Crippen molar-refractivity contribution in [3.8, 4) is 0 Å². The highest BCUT2D eigenvalue weighted by atomic mass is 14.7. The first-order chi connectivity index (χ1) is 7.68. The normalized spacial score (nSPS) is 13.2. The van der Waals surface area contributed by atoms with E-state index in [9.17, 15) is 0 Å². The van der Waals surface area contributed by atoms with Crippen LogP contribution < -0.4 is 5.73 Å². The van der Waals surface area contributed by atoms with Crippen LogP contribution in [0.5, 0.6) is 0 Å². The Bertz CT molecular complexity index is 472. The lowest BCUT2D eigenvalue weighted by molar-refractivity contribution is 0.491. The minimum absolute atomic E-state index is 0.201. The third-order valence-corrected chi connectivity index (χ3v) is 3.06. The van der Waals surface area contributed by atoms with Crippen molar-refractivity contribution in [2.45, 2.75) is 26.3 Å². The molecule has 0 radical (unpaired) electrons. The number of rotatable bonds is 3. The van der Waals surface area contributed by atoms with E-state index in [0.717, 1.165) is 6.42 Å². The van der Waals surface area contributed by atoms with Crippen LogP contribution in [0.1, 0.15) is 19.4 Å². The van der Waals surface area contributed by atoms with Gasteiger partial charge in [-0.05, 0) is 23.3 Å².